The third-order valence-electron chi connectivity index (χ3n) is 4.36. The van der Waals surface area contributed by atoms with Crippen LogP contribution in [0.1, 0.15) is 20.8 Å². The van der Waals surface area contributed by atoms with E-state index < -0.39 is 22.5 Å². The smallest absolute Gasteiger partial charge is 0.243 e. The average Bonchev–Trinajstić information content (AvgIpc) is 2.61. The fraction of sp³-hybridized carbons (Fsp3) is 0.368. The molecular weight excluding hydrogens is 364 g/mol. The Morgan fingerprint density at radius 3 is 2.63 bits per heavy atom. The van der Waals surface area contributed by atoms with Crippen LogP contribution in [-0.2, 0) is 9.59 Å². The van der Waals surface area contributed by atoms with Crippen molar-refractivity contribution in [3.05, 3.63) is 34.9 Å². The van der Waals surface area contributed by atoms with E-state index in [4.69, 9.17) is 4.74 Å². The number of methoxy groups -OCH3 is 1. The third-order valence-corrected chi connectivity index (χ3v) is 5.47. The first-order valence-corrected chi connectivity index (χ1v) is 9.10. The van der Waals surface area contributed by atoms with Crippen molar-refractivity contribution in [1.29, 1.82) is 10.5 Å². The lowest BCUT2D eigenvalue weighted by atomic mass is 9.72. The van der Waals surface area contributed by atoms with Gasteiger partial charge in [-0.3, -0.25) is 9.59 Å². The molecule has 2 N–H and O–H groups in total. The molecule has 140 valence electrons. The van der Waals surface area contributed by atoms with Gasteiger partial charge in [0.05, 0.1) is 40.8 Å². The summed E-state index contributed by atoms with van der Waals surface area (Å²) in [4.78, 5) is 24.8. The van der Waals surface area contributed by atoms with Gasteiger partial charge in [-0.25, -0.2) is 0 Å². The van der Waals surface area contributed by atoms with Crippen LogP contribution in [0.25, 0.3) is 0 Å². The number of nitrogens with zero attached hydrogens (tertiary/aromatic N) is 2. The molecule has 2 rings (SSSR count). The van der Waals surface area contributed by atoms with E-state index in [0.717, 1.165) is 11.8 Å². The maximum Gasteiger partial charge on any atom is 0.243 e. The lowest BCUT2D eigenvalue weighted by molar-refractivity contribution is -0.125. The van der Waals surface area contributed by atoms with E-state index in [0.29, 0.717) is 16.5 Å². The van der Waals surface area contributed by atoms with E-state index >= 15 is 0 Å². The SMILES string of the molecule is COc1ccccc1NC(=O)[C@@H](C)SC1=C(C#N)C(C)(C)[C@@H](C#N)C(=O)N1. The summed E-state index contributed by atoms with van der Waals surface area (Å²) < 4.78 is 5.21. The van der Waals surface area contributed by atoms with Crippen molar-refractivity contribution in [2.75, 3.05) is 12.4 Å². The van der Waals surface area contributed by atoms with Gasteiger partial charge in [-0.15, -0.1) is 0 Å². The monoisotopic (exact) mass is 384 g/mol. The molecule has 0 saturated heterocycles. The predicted molar refractivity (Wildman–Crippen MR) is 102 cm³/mol. The minimum Gasteiger partial charge on any atom is -0.495 e. The molecule has 0 radical (unpaired) electrons. The summed E-state index contributed by atoms with van der Waals surface area (Å²) in [5, 5.41) is 23.9. The van der Waals surface area contributed by atoms with Crippen molar-refractivity contribution in [2.45, 2.75) is 26.0 Å². The quantitative estimate of drug-likeness (QED) is 0.807. The minimum absolute atomic E-state index is 0.288. The molecule has 7 nitrogen and oxygen atoms in total. The van der Waals surface area contributed by atoms with Crippen molar-refractivity contribution < 1.29 is 14.3 Å². The normalized spacial score (nSPS) is 19.3. The van der Waals surface area contributed by atoms with Gasteiger partial charge in [0.2, 0.25) is 11.8 Å². The van der Waals surface area contributed by atoms with Gasteiger partial charge in [0.15, 0.2) is 0 Å². The van der Waals surface area contributed by atoms with Crippen LogP contribution < -0.4 is 15.4 Å². The first-order chi connectivity index (χ1) is 12.8. The van der Waals surface area contributed by atoms with Crippen LogP contribution in [-0.4, -0.2) is 24.2 Å². The molecule has 27 heavy (non-hydrogen) atoms. The van der Waals surface area contributed by atoms with Crippen molar-refractivity contribution in [3.8, 4) is 17.9 Å². The highest BCUT2D eigenvalue weighted by Crippen LogP contribution is 2.42. The van der Waals surface area contributed by atoms with Gasteiger partial charge >= 0.3 is 0 Å². The Balaban J connectivity index is 2.23. The largest absolute Gasteiger partial charge is 0.495 e. The zero-order chi connectivity index (χ0) is 20.2. The molecule has 0 aliphatic carbocycles. The Morgan fingerprint density at radius 2 is 2.04 bits per heavy atom. The highest BCUT2D eigenvalue weighted by Gasteiger charge is 2.45. The van der Waals surface area contributed by atoms with Gasteiger partial charge in [0.25, 0.3) is 0 Å². The number of hydrogen-bond acceptors (Lipinski definition) is 6. The summed E-state index contributed by atoms with van der Waals surface area (Å²) in [7, 11) is 1.51. The second kappa shape index (κ2) is 8.15. The van der Waals surface area contributed by atoms with E-state index in [9.17, 15) is 20.1 Å². The first-order valence-electron chi connectivity index (χ1n) is 8.22. The molecule has 1 heterocycles. The lowest BCUT2D eigenvalue weighted by Gasteiger charge is -2.35. The molecule has 2 amide bonds. The minimum atomic E-state index is -0.964. The number of anilines is 1. The molecule has 1 aromatic carbocycles. The molecule has 1 aromatic rings. The number of nitrogens with one attached hydrogen (secondary N) is 2. The molecule has 2 atom stereocenters. The van der Waals surface area contributed by atoms with Crippen molar-refractivity contribution in [2.24, 2.45) is 11.3 Å². The van der Waals surface area contributed by atoms with E-state index in [1.165, 1.54) is 7.11 Å². The predicted octanol–water partition coefficient (Wildman–Crippen LogP) is 2.79. The number of hydrogen-bond donors (Lipinski definition) is 2. The molecule has 1 aliphatic rings. The highest BCUT2D eigenvalue weighted by molar-refractivity contribution is 8.04. The number of carbonyl (C=O) groups excluding carboxylic acids is 2. The topological polar surface area (TPSA) is 115 Å². The number of allylic oxidation sites excluding steroid dienone is 1. The number of nitriles is 2. The molecule has 0 saturated carbocycles. The number of amides is 2. The Hall–Kier alpha value is -2.97. The Morgan fingerprint density at radius 1 is 1.37 bits per heavy atom. The van der Waals surface area contributed by atoms with Gasteiger partial charge in [-0.2, -0.15) is 10.5 Å². The fourth-order valence-corrected chi connectivity index (χ4v) is 3.83. The highest BCUT2D eigenvalue weighted by atomic mass is 32.2. The molecular formula is C19H20N4O3S. The Bertz CT molecular complexity index is 880. The van der Waals surface area contributed by atoms with Gasteiger partial charge in [0, 0.05) is 5.41 Å². The first kappa shape index (κ1) is 20.3. The van der Waals surface area contributed by atoms with Gasteiger partial charge in [-0.1, -0.05) is 37.7 Å². The zero-order valence-electron chi connectivity index (χ0n) is 15.5. The van der Waals surface area contributed by atoms with Crippen LogP contribution in [0.5, 0.6) is 5.75 Å². The maximum absolute atomic E-state index is 12.6. The molecule has 0 aromatic heterocycles. The van der Waals surface area contributed by atoms with Crippen LogP contribution in [0.15, 0.2) is 34.9 Å². The molecule has 8 heteroatoms. The Kier molecular flexibility index (Phi) is 6.14. The van der Waals surface area contributed by atoms with Crippen LogP contribution in [0.4, 0.5) is 5.69 Å². The second-order valence-corrected chi connectivity index (χ2v) is 7.89. The van der Waals surface area contributed by atoms with Gasteiger partial charge < -0.3 is 15.4 Å². The molecule has 0 unspecified atom stereocenters. The van der Waals surface area contributed by atoms with Crippen molar-refractivity contribution in [1.82, 2.24) is 5.32 Å². The number of rotatable bonds is 5. The van der Waals surface area contributed by atoms with Gasteiger partial charge in [-0.05, 0) is 19.1 Å². The third kappa shape index (κ3) is 4.07. The van der Waals surface area contributed by atoms with Crippen LogP contribution in [0.3, 0.4) is 0 Å². The van der Waals surface area contributed by atoms with E-state index in [1.807, 2.05) is 6.07 Å². The lowest BCUT2D eigenvalue weighted by Crippen LogP contribution is -2.45. The summed E-state index contributed by atoms with van der Waals surface area (Å²) >= 11 is 1.08. The van der Waals surface area contributed by atoms with Crippen molar-refractivity contribution in [3.63, 3.8) is 0 Å². The maximum atomic E-state index is 12.6. The molecule has 0 spiro atoms. The Labute approximate surface area is 162 Å². The number of ether oxygens (including phenoxy) is 1. The van der Waals surface area contributed by atoms with Crippen molar-refractivity contribution >= 4 is 29.3 Å². The van der Waals surface area contributed by atoms with E-state index in [2.05, 4.69) is 16.7 Å². The molecule has 0 fully saturated rings. The molecule has 1 aliphatic heterocycles. The number of para-hydroxylation sites is 2. The number of benzene rings is 1. The summed E-state index contributed by atoms with van der Waals surface area (Å²) in [6.07, 6.45) is 0. The van der Waals surface area contributed by atoms with E-state index in [-0.39, 0.29) is 11.5 Å². The van der Waals surface area contributed by atoms with Crippen LogP contribution in [0.2, 0.25) is 0 Å². The summed E-state index contributed by atoms with van der Waals surface area (Å²) in [5.41, 5.74) is -0.118. The summed E-state index contributed by atoms with van der Waals surface area (Å²) in [6, 6.07) is 11.1. The van der Waals surface area contributed by atoms with Crippen LogP contribution in [0, 0.1) is 34.0 Å². The average molecular weight is 384 g/mol. The fourth-order valence-electron chi connectivity index (χ4n) is 2.73. The zero-order valence-corrected chi connectivity index (χ0v) is 16.3. The second-order valence-electron chi connectivity index (χ2n) is 6.54. The molecule has 0 bridgehead atoms. The van der Waals surface area contributed by atoms with Gasteiger partial charge in [0.1, 0.15) is 11.7 Å². The van der Waals surface area contributed by atoms with E-state index in [1.54, 1.807) is 45.0 Å². The summed E-state index contributed by atoms with van der Waals surface area (Å²) in [5.74, 6) is -1.21. The standard InChI is InChI=1S/C19H20N4O3S/c1-11(16(24)22-14-7-5-6-8-15(14)26-4)27-18-13(10-21)19(2,3)12(9-20)17(25)23-18/h5-8,11-12H,1-4H3,(H,22,24)(H,23,25)/t11-,12+/m1/s1. The summed E-state index contributed by atoms with van der Waals surface area (Å²) in [6.45, 7) is 5.03. The number of carbonyl (C=O) groups is 2. The number of thioether (sulfide) groups is 1. The van der Waals surface area contributed by atoms with Crippen LogP contribution >= 0.6 is 11.8 Å².